The van der Waals surface area contributed by atoms with Gasteiger partial charge in [0, 0.05) is 22.5 Å². The minimum atomic E-state index is -1.35. The van der Waals surface area contributed by atoms with Gasteiger partial charge in [0.2, 0.25) is 5.91 Å². The van der Waals surface area contributed by atoms with E-state index in [9.17, 15) is 14.4 Å². The minimum Gasteiger partial charge on any atom is -0.352 e. The molecule has 0 radical (unpaired) electrons. The molecule has 0 saturated carbocycles. The van der Waals surface area contributed by atoms with Crippen molar-refractivity contribution in [3.05, 3.63) is 136 Å². The lowest BCUT2D eigenvalue weighted by molar-refractivity contribution is -0.121. The number of amides is 1. The standard InChI is InChI=1S/C36H29ClN2O3/c1-2-9-22-16-18-24(19-17-22)33(40)31-32(34(41)25-11-4-6-13-27(25)37)39-29-15-8-3-10-23(29)20-21-30(39)36(31)26-12-5-7-14-28(26)38-35(36)42/h3-8,10-21,30-32H,2,9H2,1H3,(H,38,42)/t30-,31-,32+,36+/m1/s1. The van der Waals surface area contributed by atoms with E-state index in [-0.39, 0.29) is 17.5 Å². The number of nitrogens with zero attached hydrogens (tertiary/aromatic N) is 1. The molecule has 6 heteroatoms. The van der Waals surface area contributed by atoms with Crippen LogP contribution in [0.15, 0.2) is 103 Å². The fourth-order valence-electron chi connectivity index (χ4n) is 7.24. The highest BCUT2D eigenvalue weighted by Crippen LogP contribution is 2.58. The first-order valence-electron chi connectivity index (χ1n) is 14.3. The maximum atomic E-state index is 14.9. The van der Waals surface area contributed by atoms with E-state index >= 15 is 0 Å². The van der Waals surface area contributed by atoms with Crippen LogP contribution in [0.25, 0.3) is 6.08 Å². The van der Waals surface area contributed by atoms with Crippen molar-refractivity contribution in [1.82, 2.24) is 0 Å². The third-order valence-corrected chi connectivity index (χ3v) is 9.34. The van der Waals surface area contributed by atoms with E-state index in [0.717, 1.165) is 35.2 Å². The molecule has 0 unspecified atom stereocenters. The Morgan fingerprint density at radius 1 is 0.881 bits per heavy atom. The lowest BCUT2D eigenvalue weighted by Crippen LogP contribution is -2.51. The molecule has 208 valence electrons. The second-order valence-corrected chi connectivity index (χ2v) is 11.6. The number of benzene rings is 4. The van der Waals surface area contributed by atoms with Crippen LogP contribution >= 0.6 is 11.6 Å². The fourth-order valence-corrected chi connectivity index (χ4v) is 7.47. The maximum Gasteiger partial charge on any atom is 0.238 e. The molecule has 4 aromatic carbocycles. The van der Waals surface area contributed by atoms with Gasteiger partial charge in [-0.15, -0.1) is 0 Å². The maximum absolute atomic E-state index is 14.9. The van der Waals surface area contributed by atoms with Gasteiger partial charge in [0.25, 0.3) is 0 Å². The topological polar surface area (TPSA) is 66.5 Å². The number of nitrogens with one attached hydrogen (secondary N) is 1. The quantitative estimate of drug-likeness (QED) is 0.249. The molecular weight excluding hydrogens is 544 g/mol. The minimum absolute atomic E-state index is 0.240. The average molecular weight is 573 g/mol. The van der Waals surface area contributed by atoms with E-state index in [1.165, 1.54) is 0 Å². The number of hydrogen-bond donors (Lipinski definition) is 1. The normalized spacial score (nSPS) is 23.3. The molecule has 0 bridgehead atoms. The molecule has 7 rings (SSSR count). The number of halogens is 1. The summed E-state index contributed by atoms with van der Waals surface area (Å²) >= 11 is 6.61. The molecule has 3 heterocycles. The number of carbonyl (C=O) groups is 3. The summed E-state index contributed by atoms with van der Waals surface area (Å²) in [6.07, 6.45) is 5.87. The molecule has 0 aromatic heterocycles. The Kier molecular flexibility index (Phi) is 6.36. The molecule has 1 amide bonds. The molecule has 3 aliphatic rings. The van der Waals surface area contributed by atoms with Crippen LogP contribution in [0.4, 0.5) is 11.4 Å². The number of anilines is 2. The predicted molar refractivity (Wildman–Crippen MR) is 166 cm³/mol. The highest BCUT2D eigenvalue weighted by atomic mass is 35.5. The summed E-state index contributed by atoms with van der Waals surface area (Å²) in [7, 11) is 0. The highest BCUT2D eigenvalue weighted by Gasteiger charge is 2.70. The van der Waals surface area contributed by atoms with Crippen LogP contribution in [-0.4, -0.2) is 29.6 Å². The van der Waals surface area contributed by atoms with Gasteiger partial charge in [-0.2, -0.15) is 0 Å². The summed E-state index contributed by atoms with van der Waals surface area (Å²) in [6.45, 7) is 2.12. The first-order chi connectivity index (χ1) is 20.5. The zero-order valence-electron chi connectivity index (χ0n) is 23.1. The van der Waals surface area contributed by atoms with Crippen LogP contribution in [-0.2, 0) is 16.6 Å². The Morgan fingerprint density at radius 2 is 1.60 bits per heavy atom. The van der Waals surface area contributed by atoms with Gasteiger partial charge in [-0.05, 0) is 47.4 Å². The van der Waals surface area contributed by atoms with Crippen molar-refractivity contribution < 1.29 is 14.4 Å². The van der Waals surface area contributed by atoms with Gasteiger partial charge in [-0.25, -0.2) is 0 Å². The van der Waals surface area contributed by atoms with E-state index in [0.29, 0.717) is 21.8 Å². The number of ketones is 2. The lowest BCUT2D eigenvalue weighted by Gasteiger charge is -2.37. The van der Waals surface area contributed by atoms with E-state index in [4.69, 9.17) is 11.6 Å². The predicted octanol–water partition coefficient (Wildman–Crippen LogP) is 7.15. The van der Waals surface area contributed by atoms with Crippen LogP contribution < -0.4 is 10.2 Å². The van der Waals surface area contributed by atoms with Crippen molar-refractivity contribution in [2.75, 3.05) is 10.2 Å². The number of para-hydroxylation sites is 2. The van der Waals surface area contributed by atoms with Crippen LogP contribution in [0.2, 0.25) is 5.02 Å². The van der Waals surface area contributed by atoms with Gasteiger partial charge in [0.1, 0.15) is 11.5 Å². The molecule has 1 N–H and O–H groups in total. The number of fused-ring (bicyclic) bond motifs is 6. The number of carbonyl (C=O) groups excluding carboxylic acids is 3. The van der Waals surface area contributed by atoms with Crippen molar-refractivity contribution in [2.24, 2.45) is 5.92 Å². The van der Waals surface area contributed by atoms with Crippen molar-refractivity contribution >= 4 is 46.5 Å². The number of aryl methyl sites for hydroxylation is 1. The van der Waals surface area contributed by atoms with Crippen molar-refractivity contribution in [1.29, 1.82) is 0 Å². The molecule has 1 saturated heterocycles. The van der Waals surface area contributed by atoms with Crippen LogP contribution in [0.5, 0.6) is 0 Å². The van der Waals surface area contributed by atoms with Crippen molar-refractivity contribution in [3.63, 3.8) is 0 Å². The third-order valence-electron chi connectivity index (χ3n) is 9.01. The highest BCUT2D eigenvalue weighted by molar-refractivity contribution is 6.34. The zero-order chi connectivity index (χ0) is 29.0. The second kappa shape index (κ2) is 10.1. The molecule has 0 aliphatic carbocycles. The van der Waals surface area contributed by atoms with Gasteiger partial charge in [0.15, 0.2) is 11.6 Å². The summed E-state index contributed by atoms with van der Waals surface area (Å²) < 4.78 is 0. The smallest absolute Gasteiger partial charge is 0.238 e. The molecule has 4 aromatic rings. The SMILES string of the molecule is CCCc1ccc(C(=O)[C@H]2[C@@H](C(=O)c3ccccc3Cl)N3c4ccccc4C=C[C@@H]3[C@]23C(=O)Nc2ccccc23)cc1. The second-order valence-electron chi connectivity index (χ2n) is 11.2. The molecule has 5 nitrogen and oxygen atoms in total. The summed E-state index contributed by atoms with van der Waals surface area (Å²) in [4.78, 5) is 46.1. The van der Waals surface area contributed by atoms with E-state index in [2.05, 4.69) is 12.2 Å². The number of Topliss-reactive ketones (excluding diaryl/α,β-unsaturated/α-hetero) is 2. The Labute approximate surface area is 249 Å². The number of hydrogen-bond acceptors (Lipinski definition) is 4. The summed E-state index contributed by atoms with van der Waals surface area (Å²) in [6, 6.07) is 28.3. The Morgan fingerprint density at radius 3 is 2.38 bits per heavy atom. The van der Waals surface area contributed by atoms with Gasteiger partial charge in [0.05, 0.1) is 17.0 Å². The molecular formula is C36H29ClN2O3. The van der Waals surface area contributed by atoms with Crippen LogP contribution in [0.3, 0.4) is 0 Å². The van der Waals surface area contributed by atoms with Gasteiger partial charge in [-0.1, -0.05) is 110 Å². The molecule has 1 spiro atoms. The van der Waals surface area contributed by atoms with Crippen molar-refractivity contribution in [3.8, 4) is 0 Å². The van der Waals surface area contributed by atoms with E-state index in [1.807, 2.05) is 89.8 Å². The number of rotatable bonds is 6. The molecule has 4 atom stereocenters. The monoisotopic (exact) mass is 572 g/mol. The summed E-state index contributed by atoms with van der Waals surface area (Å²) in [5, 5.41) is 3.38. The van der Waals surface area contributed by atoms with Crippen LogP contribution in [0.1, 0.15) is 50.8 Å². The third kappa shape index (κ3) is 3.73. The molecule has 1 fully saturated rings. The first kappa shape index (κ1) is 26.4. The average Bonchev–Trinajstić information content (AvgIpc) is 3.49. The van der Waals surface area contributed by atoms with Crippen LogP contribution in [0, 0.1) is 5.92 Å². The summed E-state index contributed by atoms with van der Waals surface area (Å²) in [5.41, 5.74) is 3.71. The lowest BCUT2D eigenvalue weighted by atomic mass is 9.64. The van der Waals surface area contributed by atoms with E-state index in [1.54, 1.807) is 24.3 Å². The fraction of sp³-hybridized carbons (Fsp3) is 0.194. The Balaban J connectivity index is 1.51. The molecule has 3 aliphatic heterocycles. The van der Waals surface area contributed by atoms with Gasteiger partial charge >= 0.3 is 0 Å². The van der Waals surface area contributed by atoms with E-state index < -0.39 is 23.4 Å². The Bertz CT molecular complexity index is 1780. The van der Waals surface area contributed by atoms with Gasteiger partial charge in [-0.3, -0.25) is 14.4 Å². The van der Waals surface area contributed by atoms with Gasteiger partial charge < -0.3 is 10.2 Å². The Hall–Kier alpha value is -4.48. The molecule has 42 heavy (non-hydrogen) atoms. The summed E-state index contributed by atoms with van der Waals surface area (Å²) in [5.74, 6) is -1.83. The van der Waals surface area contributed by atoms with Crippen molar-refractivity contribution in [2.45, 2.75) is 37.3 Å². The zero-order valence-corrected chi connectivity index (χ0v) is 23.8. The first-order valence-corrected chi connectivity index (χ1v) is 14.7. The largest absolute Gasteiger partial charge is 0.352 e.